The number of aliphatic hydroxyl groups is 1. The van der Waals surface area contributed by atoms with E-state index in [4.69, 9.17) is 9.47 Å². The first-order valence-corrected chi connectivity index (χ1v) is 9.99. The van der Waals surface area contributed by atoms with Gasteiger partial charge in [0, 0.05) is 25.7 Å². The molecule has 5 heteroatoms. The molecule has 1 heterocycles. The van der Waals surface area contributed by atoms with E-state index in [2.05, 4.69) is 19.2 Å². The minimum absolute atomic E-state index is 0.137. The van der Waals surface area contributed by atoms with Gasteiger partial charge < -0.3 is 19.9 Å². The Morgan fingerprint density at radius 2 is 2.04 bits per heavy atom. The van der Waals surface area contributed by atoms with Gasteiger partial charge in [-0.05, 0) is 49.7 Å². The van der Waals surface area contributed by atoms with E-state index < -0.39 is 6.29 Å². The number of rotatable bonds is 10. The highest BCUT2D eigenvalue weighted by atomic mass is 16.7. The maximum absolute atomic E-state index is 12.6. The molecule has 150 valence electrons. The van der Waals surface area contributed by atoms with Crippen molar-refractivity contribution >= 4 is 5.91 Å². The Balaban J connectivity index is 2.03. The first-order chi connectivity index (χ1) is 13.1. The summed E-state index contributed by atoms with van der Waals surface area (Å²) in [6.07, 6.45) is 3.78. The summed E-state index contributed by atoms with van der Waals surface area (Å²) in [6.45, 7) is 7.45. The second-order valence-corrected chi connectivity index (χ2v) is 7.32. The Hall–Kier alpha value is -1.85. The summed E-state index contributed by atoms with van der Waals surface area (Å²) in [5, 5.41) is 12.2. The number of carbonyl (C=O) groups is 1. The van der Waals surface area contributed by atoms with Crippen LogP contribution in [0.25, 0.3) is 0 Å². The van der Waals surface area contributed by atoms with E-state index in [1.807, 2.05) is 43.3 Å². The molecule has 0 aliphatic carbocycles. The molecule has 2 N–H and O–H groups in total. The first-order valence-electron chi connectivity index (χ1n) is 9.99. The number of amides is 1. The number of nitrogens with one attached hydrogen (secondary N) is 1. The minimum Gasteiger partial charge on any atom is -0.459 e. The van der Waals surface area contributed by atoms with Gasteiger partial charge >= 0.3 is 0 Å². The molecule has 2 rings (SSSR count). The second-order valence-electron chi connectivity index (χ2n) is 7.32. The topological polar surface area (TPSA) is 67.8 Å². The minimum atomic E-state index is -0.450. The number of benzene rings is 1. The fourth-order valence-electron chi connectivity index (χ4n) is 3.58. The molecule has 27 heavy (non-hydrogen) atoms. The van der Waals surface area contributed by atoms with E-state index >= 15 is 0 Å². The number of allylic oxidation sites excluding steroid dienone is 1. The fraction of sp³-hybridized carbons (Fsp3) is 0.591. The van der Waals surface area contributed by atoms with Crippen molar-refractivity contribution in [1.82, 2.24) is 5.32 Å². The summed E-state index contributed by atoms with van der Waals surface area (Å²) < 4.78 is 11.7. The third-order valence-electron chi connectivity index (χ3n) is 4.99. The average molecular weight is 376 g/mol. The maximum Gasteiger partial charge on any atom is 0.286 e. The molecule has 3 atom stereocenters. The van der Waals surface area contributed by atoms with E-state index in [1.54, 1.807) is 0 Å². The summed E-state index contributed by atoms with van der Waals surface area (Å²) in [6, 6.07) is 10.1. The smallest absolute Gasteiger partial charge is 0.286 e. The molecule has 0 fully saturated rings. The summed E-state index contributed by atoms with van der Waals surface area (Å²) in [5.41, 5.74) is 1.19. The van der Waals surface area contributed by atoms with Crippen LogP contribution in [0.15, 0.2) is 42.2 Å². The lowest BCUT2D eigenvalue weighted by Gasteiger charge is -2.38. The molecule has 0 saturated carbocycles. The standard InChI is InChI=1S/C22H33NO4/c1-4-26-22-18(11-8-14-24)19(16(2)3)15-20(27-22)21(25)23-13-12-17-9-6-5-7-10-17/h5-7,9-10,15-16,18-19,22,24H,4,8,11-14H2,1-3H3,(H,23,25)/t18-,19+,22+/m0/s1. The average Bonchev–Trinajstić information content (AvgIpc) is 2.67. The summed E-state index contributed by atoms with van der Waals surface area (Å²) >= 11 is 0. The van der Waals surface area contributed by atoms with Crippen LogP contribution in [0.4, 0.5) is 0 Å². The van der Waals surface area contributed by atoms with Crippen LogP contribution in [0, 0.1) is 17.8 Å². The van der Waals surface area contributed by atoms with Gasteiger partial charge in [0.2, 0.25) is 6.29 Å². The molecule has 1 amide bonds. The Kier molecular flexibility index (Phi) is 8.82. The molecule has 1 aromatic carbocycles. The van der Waals surface area contributed by atoms with Gasteiger partial charge in [-0.2, -0.15) is 0 Å². The molecule has 0 unspecified atom stereocenters. The van der Waals surface area contributed by atoms with Gasteiger partial charge in [-0.3, -0.25) is 4.79 Å². The van der Waals surface area contributed by atoms with Gasteiger partial charge in [0.15, 0.2) is 5.76 Å². The van der Waals surface area contributed by atoms with Gasteiger partial charge in [-0.1, -0.05) is 44.2 Å². The Morgan fingerprint density at radius 1 is 1.30 bits per heavy atom. The molecule has 1 aromatic rings. The monoisotopic (exact) mass is 375 g/mol. The molecular weight excluding hydrogens is 342 g/mol. The maximum atomic E-state index is 12.6. The van der Waals surface area contributed by atoms with Crippen molar-refractivity contribution in [3.8, 4) is 0 Å². The Labute approximate surface area is 162 Å². The zero-order chi connectivity index (χ0) is 19.6. The number of hydrogen-bond acceptors (Lipinski definition) is 4. The van der Waals surface area contributed by atoms with Crippen LogP contribution in [0.5, 0.6) is 0 Å². The zero-order valence-electron chi connectivity index (χ0n) is 16.7. The van der Waals surface area contributed by atoms with Gasteiger partial charge in [0.1, 0.15) is 0 Å². The van der Waals surface area contributed by atoms with Crippen molar-refractivity contribution in [2.45, 2.75) is 46.3 Å². The summed E-state index contributed by atoms with van der Waals surface area (Å²) in [5.74, 6) is 0.824. The fourth-order valence-corrected chi connectivity index (χ4v) is 3.58. The lowest BCUT2D eigenvalue weighted by molar-refractivity contribution is -0.175. The predicted molar refractivity (Wildman–Crippen MR) is 106 cm³/mol. The van der Waals surface area contributed by atoms with Crippen molar-refractivity contribution in [2.75, 3.05) is 19.8 Å². The van der Waals surface area contributed by atoms with Crippen LogP contribution >= 0.6 is 0 Å². The van der Waals surface area contributed by atoms with E-state index in [0.717, 1.165) is 12.8 Å². The zero-order valence-corrected chi connectivity index (χ0v) is 16.7. The van der Waals surface area contributed by atoms with E-state index in [1.165, 1.54) is 5.56 Å². The molecule has 0 radical (unpaired) electrons. The molecule has 0 saturated heterocycles. The number of carbonyl (C=O) groups excluding carboxylic acids is 1. The van der Waals surface area contributed by atoms with Crippen LogP contribution < -0.4 is 5.32 Å². The van der Waals surface area contributed by atoms with Gasteiger partial charge in [0.05, 0.1) is 0 Å². The van der Waals surface area contributed by atoms with Crippen LogP contribution in [0.3, 0.4) is 0 Å². The second kappa shape index (κ2) is 11.1. The Bertz CT molecular complexity index is 600. The summed E-state index contributed by atoms with van der Waals surface area (Å²) in [4.78, 5) is 12.6. The lowest BCUT2D eigenvalue weighted by atomic mass is 9.78. The van der Waals surface area contributed by atoms with Gasteiger partial charge in [-0.25, -0.2) is 0 Å². The third-order valence-corrected chi connectivity index (χ3v) is 4.99. The molecular formula is C22H33NO4. The highest BCUT2D eigenvalue weighted by molar-refractivity contribution is 5.91. The molecule has 1 aliphatic heterocycles. The molecule has 0 spiro atoms. The lowest BCUT2D eigenvalue weighted by Crippen LogP contribution is -2.41. The van der Waals surface area contributed by atoms with E-state index in [9.17, 15) is 9.90 Å². The van der Waals surface area contributed by atoms with Crippen molar-refractivity contribution < 1.29 is 19.4 Å². The number of ether oxygens (including phenoxy) is 2. The molecule has 5 nitrogen and oxygen atoms in total. The first kappa shape index (κ1) is 21.5. The quantitative estimate of drug-likeness (QED) is 0.659. The Morgan fingerprint density at radius 3 is 2.67 bits per heavy atom. The molecule has 0 aromatic heterocycles. The van der Waals surface area contributed by atoms with Crippen molar-refractivity contribution in [3.63, 3.8) is 0 Å². The highest BCUT2D eigenvalue weighted by Crippen LogP contribution is 2.36. The van der Waals surface area contributed by atoms with Crippen molar-refractivity contribution in [1.29, 1.82) is 0 Å². The highest BCUT2D eigenvalue weighted by Gasteiger charge is 2.38. The van der Waals surface area contributed by atoms with Crippen molar-refractivity contribution in [2.24, 2.45) is 17.8 Å². The molecule has 1 aliphatic rings. The van der Waals surface area contributed by atoms with Crippen molar-refractivity contribution in [3.05, 3.63) is 47.7 Å². The largest absolute Gasteiger partial charge is 0.459 e. The summed E-state index contributed by atoms with van der Waals surface area (Å²) in [7, 11) is 0. The normalized spacial score (nSPS) is 22.3. The predicted octanol–water partition coefficient (Wildman–Crippen LogP) is 3.28. The van der Waals surface area contributed by atoms with E-state index in [0.29, 0.717) is 31.2 Å². The van der Waals surface area contributed by atoms with Crippen LogP contribution in [0.2, 0.25) is 0 Å². The third kappa shape index (κ3) is 6.36. The van der Waals surface area contributed by atoms with Crippen LogP contribution in [-0.4, -0.2) is 37.1 Å². The SMILES string of the molecule is CCO[C@@H]1OC(C(=O)NCCc2ccccc2)=C[C@H](C(C)C)[C@@H]1CCCO. The number of aliphatic hydroxyl groups excluding tert-OH is 1. The molecule has 0 bridgehead atoms. The van der Waals surface area contributed by atoms with E-state index in [-0.39, 0.29) is 24.3 Å². The van der Waals surface area contributed by atoms with Gasteiger partial charge in [-0.15, -0.1) is 0 Å². The van der Waals surface area contributed by atoms with Crippen LogP contribution in [0.1, 0.15) is 39.2 Å². The van der Waals surface area contributed by atoms with Crippen LogP contribution in [-0.2, 0) is 20.7 Å². The number of hydrogen-bond donors (Lipinski definition) is 2. The van der Waals surface area contributed by atoms with Gasteiger partial charge in [0.25, 0.3) is 5.91 Å².